The van der Waals surface area contributed by atoms with Crippen molar-refractivity contribution >= 4 is 5.91 Å². The molecule has 1 aromatic rings. The van der Waals surface area contributed by atoms with Crippen LogP contribution in [0.25, 0.3) is 0 Å². The number of aliphatic hydroxyl groups excluding tert-OH is 1. The first-order valence-electron chi connectivity index (χ1n) is 9.56. The maximum absolute atomic E-state index is 12.7. The topological polar surface area (TPSA) is 43.8 Å². The largest absolute Gasteiger partial charge is 0.391 e. The molecule has 3 rings (SSSR count). The molecule has 2 aliphatic rings. The fraction of sp³-hybridized carbons (Fsp3) is 0.667. The third-order valence-corrected chi connectivity index (χ3v) is 6.13. The van der Waals surface area contributed by atoms with E-state index in [1.54, 1.807) is 0 Å². The van der Waals surface area contributed by atoms with Crippen LogP contribution in [0.1, 0.15) is 43.7 Å². The predicted octanol–water partition coefficient (Wildman–Crippen LogP) is 2.51. The summed E-state index contributed by atoms with van der Waals surface area (Å²) in [6.07, 6.45) is 2.03. The molecule has 25 heavy (non-hydrogen) atoms. The number of likely N-dealkylation sites (N-methyl/N-ethyl adjacent to an activating group) is 1. The van der Waals surface area contributed by atoms with Crippen molar-refractivity contribution in [3.8, 4) is 0 Å². The van der Waals surface area contributed by atoms with Crippen LogP contribution < -0.4 is 0 Å². The normalized spacial score (nSPS) is 29.3. The standard InChI is InChI=1S/C21H32N2O2/c1-14(2)16-7-5-15(6-8-16)9-21(25)23-12-17-10-19(22(3)4)20(24)11-18(17)13-23/h5-8,14,17-20,24H,9-13H2,1-4H3/t17-,18+,19-,20-/m1/s1. The van der Waals surface area contributed by atoms with Crippen LogP contribution in [0.15, 0.2) is 24.3 Å². The Balaban J connectivity index is 1.59. The minimum absolute atomic E-state index is 0.222. The average molecular weight is 344 g/mol. The molecule has 1 saturated heterocycles. The quantitative estimate of drug-likeness (QED) is 0.913. The highest BCUT2D eigenvalue weighted by molar-refractivity contribution is 5.79. The van der Waals surface area contributed by atoms with Gasteiger partial charge in [0.15, 0.2) is 0 Å². The van der Waals surface area contributed by atoms with E-state index >= 15 is 0 Å². The first-order chi connectivity index (χ1) is 11.8. The molecule has 1 N–H and O–H groups in total. The van der Waals surface area contributed by atoms with E-state index in [0.29, 0.717) is 24.2 Å². The van der Waals surface area contributed by atoms with Gasteiger partial charge in [0.05, 0.1) is 12.5 Å². The van der Waals surface area contributed by atoms with E-state index < -0.39 is 0 Å². The Morgan fingerprint density at radius 1 is 1.16 bits per heavy atom. The third kappa shape index (κ3) is 4.06. The Kier molecular flexibility index (Phi) is 5.49. The number of aliphatic hydroxyl groups is 1. The van der Waals surface area contributed by atoms with Crippen molar-refractivity contribution < 1.29 is 9.90 Å². The van der Waals surface area contributed by atoms with E-state index in [1.807, 2.05) is 19.0 Å². The Hall–Kier alpha value is -1.39. The molecule has 4 heteroatoms. The molecule has 1 saturated carbocycles. The number of hydrogen-bond donors (Lipinski definition) is 1. The van der Waals surface area contributed by atoms with Gasteiger partial charge < -0.3 is 14.9 Å². The van der Waals surface area contributed by atoms with Gasteiger partial charge >= 0.3 is 0 Å². The van der Waals surface area contributed by atoms with Crippen LogP contribution in [0.3, 0.4) is 0 Å². The summed E-state index contributed by atoms with van der Waals surface area (Å²) >= 11 is 0. The van der Waals surface area contributed by atoms with Crippen molar-refractivity contribution in [1.82, 2.24) is 9.80 Å². The fourth-order valence-corrected chi connectivity index (χ4v) is 4.47. The van der Waals surface area contributed by atoms with E-state index in [4.69, 9.17) is 0 Å². The number of carbonyl (C=O) groups excluding carboxylic acids is 1. The smallest absolute Gasteiger partial charge is 0.227 e. The van der Waals surface area contributed by atoms with Crippen molar-refractivity contribution in [2.45, 2.75) is 51.2 Å². The maximum Gasteiger partial charge on any atom is 0.227 e. The lowest BCUT2D eigenvalue weighted by Gasteiger charge is -2.38. The number of benzene rings is 1. The third-order valence-electron chi connectivity index (χ3n) is 6.13. The minimum Gasteiger partial charge on any atom is -0.391 e. The van der Waals surface area contributed by atoms with Crippen LogP contribution in [0, 0.1) is 11.8 Å². The molecule has 0 spiro atoms. The Bertz CT molecular complexity index is 596. The number of hydrogen-bond acceptors (Lipinski definition) is 3. The number of fused-ring (bicyclic) bond motifs is 1. The second kappa shape index (κ2) is 7.46. The van der Waals surface area contributed by atoms with Crippen LogP contribution in [0.4, 0.5) is 0 Å². The van der Waals surface area contributed by atoms with Gasteiger partial charge in [-0.15, -0.1) is 0 Å². The van der Waals surface area contributed by atoms with Crippen LogP contribution in [0.5, 0.6) is 0 Å². The maximum atomic E-state index is 12.7. The van der Waals surface area contributed by atoms with E-state index in [9.17, 15) is 9.90 Å². The molecule has 1 aliphatic heterocycles. The van der Waals surface area contributed by atoms with Crippen molar-refractivity contribution in [1.29, 1.82) is 0 Å². The van der Waals surface area contributed by atoms with Gasteiger partial charge in [-0.25, -0.2) is 0 Å². The van der Waals surface area contributed by atoms with Gasteiger partial charge in [-0.1, -0.05) is 38.1 Å². The van der Waals surface area contributed by atoms with E-state index in [1.165, 1.54) is 5.56 Å². The monoisotopic (exact) mass is 344 g/mol. The molecular formula is C21H32N2O2. The van der Waals surface area contributed by atoms with E-state index in [2.05, 4.69) is 43.0 Å². The molecule has 0 unspecified atom stereocenters. The van der Waals surface area contributed by atoms with Crippen LogP contribution >= 0.6 is 0 Å². The highest BCUT2D eigenvalue weighted by atomic mass is 16.3. The number of amides is 1. The zero-order valence-corrected chi connectivity index (χ0v) is 16.0. The molecule has 2 fully saturated rings. The van der Waals surface area contributed by atoms with Crippen LogP contribution in [0.2, 0.25) is 0 Å². The van der Waals surface area contributed by atoms with Gasteiger partial charge in [-0.3, -0.25) is 4.79 Å². The van der Waals surface area contributed by atoms with Crippen molar-refractivity contribution in [3.63, 3.8) is 0 Å². The summed E-state index contributed by atoms with van der Waals surface area (Å²) in [6.45, 7) is 6.03. The molecule has 1 aromatic carbocycles. The minimum atomic E-state index is -0.269. The lowest BCUT2D eigenvalue weighted by atomic mass is 9.77. The Morgan fingerprint density at radius 2 is 1.76 bits per heavy atom. The predicted molar refractivity (Wildman–Crippen MR) is 101 cm³/mol. The summed E-state index contributed by atoms with van der Waals surface area (Å²) in [5.74, 6) is 1.73. The summed E-state index contributed by atoms with van der Waals surface area (Å²) in [5, 5.41) is 10.4. The van der Waals surface area contributed by atoms with E-state index in [-0.39, 0.29) is 18.1 Å². The molecule has 1 aliphatic carbocycles. The summed E-state index contributed by atoms with van der Waals surface area (Å²) in [6, 6.07) is 8.66. The molecule has 1 heterocycles. The van der Waals surface area contributed by atoms with Crippen molar-refractivity contribution in [3.05, 3.63) is 35.4 Å². The van der Waals surface area contributed by atoms with E-state index in [0.717, 1.165) is 31.5 Å². The summed E-state index contributed by atoms with van der Waals surface area (Å²) in [5.41, 5.74) is 2.41. The van der Waals surface area contributed by atoms with Crippen molar-refractivity contribution in [2.24, 2.45) is 11.8 Å². The molecule has 4 nitrogen and oxygen atoms in total. The Labute approximate surface area is 151 Å². The lowest BCUT2D eigenvalue weighted by Crippen LogP contribution is -2.46. The van der Waals surface area contributed by atoms with Crippen LogP contribution in [-0.2, 0) is 11.2 Å². The molecule has 1 amide bonds. The highest BCUT2D eigenvalue weighted by Crippen LogP contribution is 2.38. The molecule has 0 radical (unpaired) electrons. The summed E-state index contributed by atoms with van der Waals surface area (Å²) in [7, 11) is 4.07. The number of nitrogens with zero attached hydrogens (tertiary/aromatic N) is 2. The second-order valence-corrected chi connectivity index (χ2v) is 8.46. The zero-order valence-electron chi connectivity index (χ0n) is 16.0. The van der Waals surface area contributed by atoms with Gasteiger partial charge in [0, 0.05) is 19.1 Å². The molecule has 0 aromatic heterocycles. The first-order valence-corrected chi connectivity index (χ1v) is 9.56. The first kappa shape index (κ1) is 18.4. The average Bonchev–Trinajstić information content (AvgIpc) is 2.97. The fourth-order valence-electron chi connectivity index (χ4n) is 4.47. The lowest BCUT2D eigenvalue weighted by molar-refractivity contribution is -0.129. The van der Waals surface area contributed by atoms with Gasteiger partial charge in [0.2, 0.25) is 5.91 Å². The number of rotatable bonds is 4. The van der Waals surface area contributed by atoms with Gasteiger partial charge in [0.25, 0.3) is 0 Å². The van der Waals surface area contributed by atoms with Crippen molar-refractivity contribution in [2.75, 3.05) is 27.2 Å². The van der Waals surface area contributed by atoms with Crippen LogP contribution in [-0.4, -0.2) is 60.1 Å². The number of carbonyl (C=O) groups is 1. The van der Waals surface area contributed by atoms with Gasteiger partial charge in [0.1, 0.15) is 0 Å². The molecule has 4 atom stereocenters. The zero-order chi connectivity index (χ0) is 18.1. The molecule has 138 valence electrons. The summed E-state index contributed by atoms with van der Waals surface area (Å²) in [4.78, 5) is 16.9. The van der Waals surface area contributed by atoms with Gasteiger partial charge in [-0.2, -0.15) is 0 Å². The number of likely N-dealkylation sites (tertiary alicyclic amines) is 1. The van der Waals surface area contributed by atoms with Gasteiger partial charge in [-0.05, 0) is 55.8 Å². The Morgan fingerprint density at radius 3 is 2.32 bits per heavy atom. The summed E-state index contributed by atoms with van der Waals surface area (Å²) < 4.78 is 0. The molecular weight excluding hydrogens is 312 g/mol. The second-order valence-electron chi connectivity index (χ2n) is 8.46. The SMILES string of the molecule is CC(C)c1ccc(CC(=O)N2C[C@H]3C[C@@H](N(C)C)[C@H](O)C[C@H]3C2)cc1. The highest BCUT2D eigenvalue weighted by Gasteiger charge is 2.43. The molecule has 0 bridgehead atoms.